The summed E-state index contributed by atoms with van der Waals surface area (Å²) >= 11 is 0. The van der Waals surface area contributed by atoms with Crippen molar-refractivity contribution < 1.29 is 14.6 Å². The number of carbonyl (C=O) groups is 1. The molecule has 4 nitrogen and oxygen atoms in total. The molecule has 3 rings (SSSR count). The van der Waals surface area contributed by atoms with Crippen molar-refractivity contribution in [3.8, 4) is 16.9 Å². The molecule has 31 heavy (non-hydrogen) atoms. The maximum Gasteiger partial charge on any atom is 0.398 e. The summed E-state index contributed by atoms with van der Waals surface area (Å²) in [5.74, 6) is -0.239. The van der Waals surface area contributed by atoms with Crippen molar-refractivity contribution in [2.24, 2.45) is 0 Å². The van der Waals surface area contributed by atoms with E-state index >= 15 is 0 Å². The number of carboxylic acids is 1. The summed E-state index contributed by atoms with van der Waals surface area (Å²) in [7, 11) is 0. The van der Waals surface area contributed by atoms with Gasteiger partial charge in [0.05, 0.1) is 0 Å². The van der Waals surface area contributed by atoms with Gasteiger partial charge in [-0.25, -0.2) is 4.79 Å². The Kier molecular flexibility index (Phi) is 7.14. The van der Waals surface area contributed by atoms with Gasteiger partial charge >= 0.3 is 5.97 Å². The SMILES string of the molecule is CC[C@](C)([OH+]c1ccc(NC/C=C(\C)c2ccc(-c3ccccc3)cc2)cc1)C(=O)O. The monoisotopic (exact) mass is 416 g/mol. The topological polar surface area (TPSA) is 62.1 Å². The van der Waals surface area contributed by atoms with Crippen LogP contribution in [-0.2, 0) is 4.79 Å². The van der Waals surface area contributed by atoms with Crippen LogP contribution in [0.2, 0.25) is 0 Å². The quantitative estimate of drug-likeness (QED) is 0.315. The van der Waals surface area contributed by atoms with Gasteiger partial charge in [0.2, 0.25) is 0 Å². The highest BCUT2D eigenvalue weighted by Gasteiger charge is 2.38. The minimum absolute atomic E-state index is 0.443. The third-order valence-electron chi connectivity index (χ3n) is 5.55. The predicted molar refractivity (Wildman–Crippen MR) is 128 cm³/mol. The van der Waals surface area contributed by atoms with E-state index in [9.17, 15) is 9.90 Å². The smallest absolute Gasteiger partial charge is 0.398 e. The standard InChI is InChI=1S/C27H29NO3/c1-4-27(3,26(29)30)31-25-16-14-24(15-17-25)28-19-18-20(2)21-10-12-23(13-11-21)22-8-6-5-7-9-22/h5-18,28H,4,19H2,1-3H3,(H,29,30)/p+1/b20-18+/t27-/m0/s1. The molecule has 0 bridgehead atoms. The van der Waals surface area contributed by atoms with Gasteiger partial charge < -0.3 is 15.2 Å². The molecule has 0 aliphatic carbocycles. The molecule has 0 saturated heterocycles. The zero-order valence-corrected chi connectivity index (χ0v) is 18.3. The molecule has 0 aliphatic heterocycles. The zero-order chi connectivity index (χ0) is 22.3. The van der Waals surface area contributed by atoms with Gasteiger partial charge in [-0.2, -0.15) is 0 Å². The molecular weight excluding hydrogens is 386 g/mol. The number of hydrogen-bond donors (Lipinski definition) is 2. The number of nitrogens with one attached hydrogen (secondary N) is 1. The first-order valence-electron chi connectivity index (χ1n) is 10.5. The van der Waals surface area contributed by atoms with Crippen molar-refractivity contribution in [1.82, 2.24) is 0 Å². The Hall–Kier alpha value is -3.53. The molecule has 0 fully saturated rings. The third-order valence-corrected chi connectivity index (χ3v) is 5.55. The van der Waals surface area contributed by atoms with Crippen LogP contribution in [0.3, 0.4) is 0 Å². The van der Waals surface area contributed by atoms with Crippen LogP contribution in [0.25, 0.3) is 16.7 Å². The van der Waals surface area contributed by atoms with Crippen LogP contribution in [0.4, 0.5) is 5.69 Å². The van der Waals surface area contributed by atoms with E-state index < -0.39 is 11.6 Å². The van der Waals surface area contributed by atoms with Crippen molar-refractivity contribution in [2.75, 3.05) is 11.9 Å². The van der Waals surface area contributed by atoms with Crippen LogP contribution >= 0.6 is 0 Å². The largest absolute Gasteiger partial charge is 0.571 e. The highest BCUT2D eigenvalue weighted by atomic mass is 16.5. The molecular formula is C27H30NO3+. The number of aliphatic carboxylic acids is 1. The van der Waals surface area contributed by atoms with Gasteiger partial charge in [-0.15, -0.1) is 0 Å². The Morgan fingerprint density at radius 3 is 2.16 bits per heavy atom. The second kappa shape index (κ2) is 9.98. The lowest BCUT2D eigenvalue weighted by molar-refractivity contribution is -0.178. The van der Waals surface area contributed by atoms with Gasteiger partial charge in [0.25, 0.3) is 11.4 Å². The lowest BCUT2D eigenvalue weighted by Crippen LogP contribution is -2.38. The second-order valence-corrected chi connectivity index (χ2v) is 7.80. The zero-order valence-electron chi connectivity index (χ0n) is 18.3. The van der Waals surface area contributed by atoms with E-state index in [1.54, 1.807) is 6.92 Å². The highest BCUT2D eigenvalue weighted by molar-refractivity contribution is 5.77. The first kappa shape index (κ1) is 22.2. The number of aromatic hydroxyl groups is 1. The molecule has 160 valence electrons. The first-order chi connectivity index (χ1) is 14.9. The Balaban J connectivity index is 1.57. The van der Waals surface area contributed by atoms with E-state index in [2.05, 4.69) is 71.6 Å². The fourth-order valence-corrected chi connectivity index (χ4v) is 3.21. The molecule has 3 aromatic carbocycles. The molecule has 0 radical (unpaired) electrons. The van der Waals surface area contributed by atoms with E-state index in [0.29, 0.717) is 18.7 Å². The summed E-state index contributed by atoms with van der Waals surface area (Å²) in [4.78, 5) is 11.4. The Bertz CT molecular complexity index is 1020. The van der Waals surface area contributed by atoms with E-state index in [4.69, 9.17) is 0 Å². The summed E-state index contributed by atoms with van der Waals surface area (Å²) < 4.78 is 4.39. The molecule has 0 spiro atoms. The lowest BCUT2D eigenvalue weighted by Gasteiger charge is -2.22. The molecule has 3 aromatic rings. The van der Waals surface area contributed by atoms with Crippen LogP contribution in [-0.4, -0.2) is 28.0 Å². The van der Waals surface area contributed by atoms with Crippen LogP contribution in [0.1, 0.15) is 32.8 Å². The maximum absolute atomic E-state index is 11.4. The molecule has 0 aliphatic rings. The first-order valence-corrected chi connectivity index (χ1v) is 10.5. The Morgan fingerprint density at radius 2 is 1.58 bits per heavy atom. The normalized spacial score (nSPS) is 13.3. The van der Waals surface area contributed by atoms with Crippen molar-refractivity contribution in [3.05, 3.63) is 90.5 Å². The number of benzene rings is 3. The summed E-state index contributed by atoms with van der Waals surface area (Å²) in [6.45, 7) is 6.28. The fourth-order valence-electron chi connectivity index (χ4n) is 3.21. The van der Waals surface area contributed by atoms with Crippen LogP contribution in [0.15, 0.2) is 84.9 Å². The number of aliphatic hydroxyl groups is 1. The van der Waals surface area contributed by atoms with E-state index in [0.717, 1.165) is 5.69 Å². The van der Waals surface area contributed by atoms with Crippen molar-refractivity contribution >= 4 is 17.2 Å². The number of anilines is 1. The highest BCUT2D eigenvalue weighted by Crippen LogP contribution is 2.25. The summed E-state index contributed by atoms with van der Waals surface area (Å²) in [5.41, 5.74) is 4.71. The van der Waals surface area contributed by atoms with E-state index in [1.165, 1.54) is 22.3 Å². The predicted octanol–water partition coefficient (Wildman–Crippen LogP) is 6.36. The Labute approximate surface area is 184 Å². The number of rotatable bonds is 9. The minimum atomic E-state index is -1.09. The van der Waals surface area contributed by atoms with E-state index in [-0.39, 0.29) is 0 Å². The van der Waals surface area contributed by atoms with Crippen molar-refractivity contribution in [2.45, 2.75) is 32.8 Å². The summed E-state index contributed by atoms with van der Waals surface area (Å²) in [5, 5.41) is 12.7. The second-order valence-electron chi connectivity index (χ2n) is 7.80. The van der Waals surface area contributed by atoms with Crippen LogP contribution in [0.5, 0.6) is 5.75 Å². The van der Waals surface area contributed by atoms with Gasteiger partial charge in [-0.05, 0) is 41.3 Å². The average molecular weight is 417 g/mol. The number of ether oxygens (including phenoxy) is 1. The summed E-state index contributed by atoms with van der Waals surface area (Å²) in [6.07, 6.45) is 2.60. The van der Waals surface area contributed by atoms with Gasteiger partial charge in [-0.3, -0.25) is 0 Å². The van der Waals surface area contributed by atoms with Crippen molar-refractivity contribution in [1.29, 1.82) is 0 Å². The lowest BCUT2D eigenvalue weighted by atomic mass is 10.0. The molecule has 0 unspecified atom stereocenters. The number of hydrogen-bond acceptors (Lipinski definition) is 2. The molecule has 1 atom stereocenters. The number of allylic oxidation sites excluding steroid dienone is 1. The number of carboxylic acid groups (broad SMARTS) is 1. The van der Waals surface area contributed by atoms with Crippen molar-refractivity contribution in [3.63, 3.8) is 0 Å². The molecule has 0 heterocycles. The van der Waals surface area contributed by atoms with Crippen LogP contribution < -0.4 is 5.32 Å². The molecule has 0 saturated carbocycles. The molecule has 0 amide bonds. The third kappa shape index (κ3) is 5.76. The molecule has 3 N–H and O–H groups in total. The Morgan fingerprint density at radius 1 is 0.968 bits per heavy atom. The molecule has 0 aromatic heterocycles. The summed E-state index contributed by atoms with van der Waals surface area (Å²) in [6, 6.07) is 26.5. The molecule has 4 heteroatoms. The van der Waals surface area contributed by atoms with E-state index in [1.807, 2.05) is 37.3 Å². The van der Waals surface area contributed by atoms with Gasteiger partial charge in [-0.1, -0.05) is 67.6 Å². The van der Waals surface area contributed by atoms with Crippen LogP contribution in [0, 0.1) is 0 Å². The maximum atomic E-state index is 11.4. The van der Waals surface area contributed by atoms with Gasteiger partial charge in [0, 0.05) is 37.7 Å². The van der Waals surface area contributed by atoms with Gasteiger partial charge in [0.15, 0.2) is 0 Å². The fraction of sp³-hybridized carbons (Fsp3) is 0.222. The minimum Gasteiger partial charge on any atom is -0.571 e. The average Bonchev–Trinajstić information content (AvgIpc) is 2.80. The van der Waals surface area contributed by atoms with Gasteiger partial charge in [0.1, 0.15) is 0 Å².